The average molecular weight is 417 g/mol. The predicted molar refractivity (Wildman–Crippen MR) is 108 cm³/mol. The molecule has 0 unspecified atom stereocenters. The second-order valence-corrected chi connectivity index (χ2v) is 10.4. The molecular formula is C24H32O6. The Morgan fingerprint density at radius 3 is 0.900 bits per heavy atom. The van der Waals surface area contributed by atoms with Gasteiger partial charge in [-0.05, 0) is 0 Å². The van der Waals surface area contributed by atoms with Crippen LogP contribution in [-0.2, 0) is 28.5 Å². The zero-order chi connectivity index (χ0) is 22.1. The molecule has 0 aromatic rings. The number of Topliss-reactive ketones (excluding diaryl/α,β-unsaturated/α-hetero) is 2. The summed E-state index contributed by atoms with van der Waals surface area (Å²) in [7, 11) is 6.41. The first-order valence-electron chi connectivity index (χ1n) is 10.7. The van der Waals surface area contributed by atoms with E-state index in [2.05, 4.69) is 0 Å². The van der Waals surface area contributed by atoms with Gasteiger partial charge in [0.15, 0.2) is 11.6 Å². The fourth-order valence-electron chi connectivity index (χ4n) is 8.81. The van der Waals surface area contributed by atoms with Crippen LogP contribution >= 0.6 is 0 Å². The minimum atomic E-state index is -1.02. The number of hydrogen-bond donors (Lipinski definition) is 0. The highest BCUT2D eigenvalue weighted by Crippen LogP contribution is 2.81. The van der Waals surface area contributed by atoms with Crippen molar-refractivity contribution in [2.75, 3.05) is 28.4 Å². The van der Waals surface area contributed by atoms with Crippen LogP contribution < -0.4 is 0 Å². The first-order valence-corrected chi connectivity index (χ1v) is 10.7. The van der Waals surface area contributed by atoms with Gasteiger partial charge in [0.25, 0.3) is 0 Å². The summed E-state index contributed by atoms with van der Waals surface area (Å²) in [6.07, 6.45) is 8.05. The van der Waals surface area contributed by atoms with E-state index >= 15 is 0 Å². The quantitative estimate of drug-likeness (QED) is 0.518. The molecule has 6 heteroatoms. The number of carbonyl (C=O) groups is 2. The molecule has 5 aliphatic carbocycles. The summed E-state index contributed by atoms with van der Waals surface area (Å²) in [4.78, 5) is 29.3. The first kappa shape index (κ1) is 20.6. The number of rotatable bonds is 4. The third-order valence-corrected chi connectivity index (χ3v) is 10.5. The molecule has 5 rings (SSSR count). The fourth-order valence-corrected chi connectivity index (χ4v) is 8.81. The third kappa shape index (κ3) is 1.43. The van der Waals surface area contributed by atoms with Crippen LogP contribution in [0.5, 0.6) is 0 Å². The molecule has 0 spiro atoms. The monoisotopic (exact) mass is 416 g/mol. The largest absolute Gasteiger partial charge is 0.352 e. The van der Waals surface area contributed by atoms with Gasteiger partial charge >= 0.3 is 0 Å². The normalized spacial score (nSPS) is 53.5. The van der Waals surface area contributed by atoms with Crippen molar-refractivity contribution in [3.8, 4) is 0 Å². The Labute approximate surface area is 178 Å². The highest BCUT2D eigenvalue weighted by Gasteiger charge is 2.90. The smallest absolute Gasteiger partial charge is 0.182 e. The Morgan fingerprint density at radius 1 is 0.533 bits per heavy atom. The number of methoxy groups -OCH3 is 4. The molecule has 164 valence electrons. The Morgan fingerprint density at radius 2 is 0.733 bits per heavy atom. The van der Waals surface area contributed by atoms with Crippen LogP contribution in [0.25, 0.3) is 0 Å². The number of hydrogen-bond acceptors (Lipinski definition) is 6. The van der Waals surface area contributed by atoms with Crippen molar-refractivity contribution in [3.05, 3.63) is 24.3 Å². The van der Waals surface area contributed by atoms with E-state index in [1.807, 2.05) is 52.0 Å². The first-order chi connectivity index (χ1) is 14.0. The van der Waals surface area contributed by atoms with Crippen molar-refractivity contribution in [3.63, 3.8) is 0 Å². The predicted octanol–water partition coefficient (Wildman–Crippen LogP) is 2.77. The van der Waals surface area contributed by atoms with Crippen LogP contribution in [-0.4, -0.2) is 51.6 Å². The van der Waals surface area contributed by atoms with Crippen molar-refractivity contribution >= 4 is 11.6 Å². The number of carbonyl (C=O) groups excluding carboxylic acids is 2. The minimum absolute atomic E-state index is 0.0743. The van der Waals surface area contributed by atoms with Crippen molar-refractivity contribution in [2.24, 2.45) is 45.3 Å². The topological polar surface area (TPSA) is 71.1 Å². The highest BCUT2D eigenvalue weighted by atomic mass is 16.7. The van der Waals surface area contributed by atoms with Crippen LogP contribution in [0.1, 0.15) is 27.7 Å². The summed E-state index contributed by atoms with van der Waals surface area (Å²) < 4.78 is 23.8. The summed E-state index contributed by atoms with van der Waals surface area (Å²) in [6, 6.07) is 0. The second kappa shape index (κ2) is 5.34. The molecule has 3 saturated carbocycles. The van der Waals surface area contributed by atoms with Gasteiger partial charge in [0.05, 0.1) is 21.7 Å². The molecule has 0 aromatic carbocycles. The molecule has 4 bridgehead atoms. The van der Waals surface area contributed by atoms with E-state index in [0.29, 0.717) is 0 Å². The summed E-state index contributed by atoms with van der Waals surface area (Å²) in [6.45, 7) is 7.76. The van der Waals surface area contributed by atoms with Gasteiger partial charge in [0.1, 0.15) is 11.6 Å². The molecule has 5 aliphatic rings. The van der Waals surface area contributed by atoms with E-state index in [-0.39, 0.29) is 35.2 Å². The maximum atomic E-state index is 14.7. The Bertz CT molecular complexity index is 779. The van der Waals surface area contributed by atoms with Gasteiger partial charge in [-0.25, -0.2) is 0 Å². The SMILES string of the molecule is COC1(OC)[C@H]2C=C[C@@H]1[C@]1(C)C(=O)[C@]3(C)[C@@H]4C=C[C@@H](C4(OC)OC)[C@]3(C)C(=O)[C@]21C. The standard InChI is InChI=1S/C24H32O6/c1-19-13-9-10-14(23(13,27-5)28-6)20(19,2)18(26)22(4)16-12-11-15(21(22,3)17(19)25)24(16,29-7)30-8/h9-16H,1-8H3/t13-,14+,15+,16-,19-,20+,21+,22-. The van der Waals surface area contributed by atoms with Crippen LogP contribution in [0.3, 0.4) is 0 Å². The van der Waals surface area contributed by atoms with Crippen molar-refractivity contribution < 1.29 is 28.5 Å². The lowest BCUT2D eigenvalue weighted by Gasteiger charge is -2.60. The molecule has 6 nitrogen and oxygen atoms in total. The molecule has 0 amide bonds. The highest BCUT2D eigenvalue weighted by molar-refractivity contribution is 6.11. The summed E-state index contributed by atoms with van der Waals surface area (Å²) in [5.41, 5.74) is -3.85. The van der Waals surface area contributed by atoms with Crippen LogP contribution in [0.4, 0.5) is 0 Å². The molecule has 0 radical (unpaired) electrons. The van der Waals surface area contributed by atoms with Crippen molar-refractivity contribution in [2.45, 2.75) is 39.3 Å². The van der Waals surface area contributed by atoms with E-state index in [9.17, 15) is 9.59 Å². The van der Waals surface area contributed by atoms with Crippen molar-refractivity contribution in [1.82, 2.24) is 0 Å². The molecule has 0 aliphatic heterocycles. The van der Waals surface area contributed by atoms with Gasteiger partial charge in [0.2, 0.25) is 0 Å². The van der Waals surface area contributed by atoms with Gasteiger partial charge in [-0.15, -0.1) is 0 Å². The summed E-state index contributed by atoms with van der Waals surface area (Å²) >= 11 is 0. The molecular weight excluding hydrogens is 384 g/mol. The molecule has 0 heterocycles. The lowest BCUT2D eigenvalue weighted by Crippen LogP contribution is -2.70. The molecule has 8 atom stereocenters. The average Bonchev–Trinajstić information content (AvgIpc) is 3.41. The number of ketones is 2. The molecule has 0 aromatic heterocycles. The maximum Gasteiger partial charge on any atom is 0.182 e. The van der Waals surface area contributed by atoms with E-state index in [1.165, 1.54) is 0 Å². The zero-order valence-corrected chi connectivity index (χ0v) is 19.1. The minimum Gasteiger partial charge on any atom is -0.352 e. The Balaban J connectivity index is 1.82. The second-order valence-electron chi connectivity index (χ2n) is 10.4. The number of ether oxygens (including phenoxy) is 4. The molecule has 3 fully saturated rings. The molecule has 0 saturated heterocycles. The number of fused-ring (bicyclic) bond motifs is 10. The van der Waals surface area contributed by atoms with Gasteiger partial charge in [-0.1, -0.05) is 52.0 Å². The summed E-state index contributed by atoms with van der Waals surface area (Å²) in [5.74, 6) is -3.30. The van der Waals surface area contributed by atoms with Crippen LogP contribution in [0.15, 0.2) is 24.3 Å². The molecule has 0 N–H and O–H groups in total. The lowest BCUT2D eigenvalue weighted by atomic mass is 9.38. The van der Waals surface area contributed by atoms with Crippen LogP contribution in [0, 0.1) is 45.3 Å². The van der Waals surface area contributed by atoms with E-state index in [0.717, 1.165) is 0 Å². The van der Waals surface area contributed by atoms with E-state index in [1.54, 1.807) is 28.4 Å². The zero-order valence-electron chi connectivity index (χ0n) is 19.1. The maximum absolute atomic E-state index is 14.7. The summed E-state index contributed by atoms with van der Waals surface area (Å²) in [5, 5.41) is 0. The Kier molecular flexibility index (Phi) is 3.66. The van der Waals surface area contributed by atoms with Gasteiger partial charge in [0, 0.05) is 52.1 Å². The van der Waals surface area contributed by atoms with Gasteiger partial charge in [-0.3, -0.25) is 9.59 Å². The van der Waals surface area contributed by atoms with Gasteiger partial charge in [-0.2, -0.15) is 0 Å². The Hall–Kier alpha value is -1.34. The molecule has 30 heavy (non-hydrogen) atoms. The van der Waals surface area contributed by atoms with Crippen molar-refractivity contribution in [1.29, 1.82) is 0 Å². The lowest BCUT2D eigenvalue weighted by molar-refractivity contribution is -0.242. The van der Waals surface area contributed by atoms with E-state index in [4.69, 9.17) is 18.9 Å². The third-order valence-electron chi connectivity index (χ3n) is 10.5. The van der Waals surface area contributed by atoms with Crippen LogP contribution in [0.2, 0.25) is 0 Å². The van der Waals surface area contributed by atoms with E-state index < -0.39 is 33.2 Å². The fraction of sp³-hybridized carbons (Fsp3) is 0.750. The van der Waals surface area contributed by atoms with Gasteiger partial charge < -0.3 is 18.9 Å².